The highest BCUT2D eigenvalue weighted by molar-refractivity contribution is 5.95. The van der Waals surface area contributed by atoms with Gasteiger partial charge in [0.05, 0.1) is 13.5 Å². The number of methoxy groups -OCH3 is 1. The molecule has 5 nitrogen and oxygen atoms in total. The lowest BCUT2D eigenvalue weighted by atomic mass is 9.97. The van der Waals surface area contributed by atoms with Crippen molar-refractivity contribution in [1.29, 1.82) is 0 Å². The number of nitrogens with zero attached hydrogens (tertiary/aromatic N) is 2. The van der Waals surface area contributed by atoms with Gasteiger partial charge in [0.25, 0.3) is 0 Å². The fourth-order valence-corrected chi connectivity index (χ4v) is 3.49. The maximum absolute atomic E-state index is 13.1. The van der Waals surface area contributed by atoms with Gasteiger partial charge in [-0.3, -0.25) is 14.5 Å². The number of carbonyl (C=O) groups excluding carboxylic acids is 2. The molecule has 3 rings (SSSR count). The quantitative estimate of drug-likeness (QED) is 0.736. The van der Waals surface area contributed by atoms with Crippen LogP contribution in [0, 0.1) is 5.92 Å². The molecule has 0 aliphatic carbocycles. The molecule has 0 spiro atoms. The third kappa shape index (κ3) is 4.73. The lowest BCUT2D eigenvalue weighted by Crippen LogP contribution is -2.40. The SMILES string of the molecule is COC(=O)CCc1ccc2c(n1)N(C(=O)[C@H](C)Cc1ccccc1)CCC2. The van der Waals surface area contributed by atoms with Gasteiger partial charge in [-0.05, 0) is 36.5 Å². The standard InChI is InChI=1S/C22H26N2O3/c1-16(15-17-7-4-3-5-8-17)22(26)24-14-6-9-18-10-11-19(23-21(18)24)12-13-20(25)27-2/h3-5,7-8,10-11,16H,6,9,12-15H2,1-2H3/t16-/m1/s1. The first-order chi connectivity index (χ1) is 13.1. The molecule has 1 amide bonds. The zero-order valence-electron chi connectivity index (χ0n) is 16.0. The van der Waals surface area contributed by atoms with Crippen LogP contribution in [-0.4, -0.2) is 30.5 Å². The van der Waals surface area contributed by atoms with Gasteiger partial charge in [0.1, 0.15) is 5.82 Å². The topological polar surface area (TPSA) is 59.5 Å². The van der Waals surface area contributed by atoms with E-state index in [0.717, 1.165) is 35.5 Å². The number of rotatable bonds is 6. The van der Waals surface area contributed by atoms with Crippen molar-refractivity contribution >= 4 is 17.7 Å². The van der Waals surface area contributed by atoms with E-state index in [9.17, 15) is 9.59 Å². The summed E-state index contributed by atoms with van der Waals surface area (Å²) in [5.41, 5.74) is 3.08. The van der Waals surface area contributed by atoms with Gasteiger partial charge in [0.15, 0.2) is 0 Å². The summed E-state index contributed by atoms with van der Waals surface area (Å²) in [6, 6.07) is 14.1. The number of aromatic nitrogens is 1. The fourth-order valence-electron chi connectivity index (χ4n) is 3.49. The molecule has 2 aromatic rings. The molecule has 1 aromatic carbocycles. The highest BCUT2D eigenvalue weighted by atomic mass is 16.5. The maximum Gasteiger partial charge on any atom is 0.305 e. The largest absolute Gasteiger partial charge is 0.469 e. The Morgan fingerprint density at radius 3 is 2.70 bits per heavy atom. The second-order valence-electron chi connectivity index (χ2n) is 7.05. The van der Waals surface area contributed by atoms with Gasteiger partial charge < -0.3 is 4.74 Å². The minimum Gasteiger partial charge on any atom is -0.469 e. The Kier molecular flexibility index (Phi) is 6.22. The van der Waals surface area contributed by atoms with Crippen molar-refractivity contribution < 1.29 is 14.3 Å². The van der Waals surface area contributed by atoms with Crippen LogP contribution in [0.25, 0.3) is 0 Å². The molecule has 2 heterocycles. The Balaban J connectivity index is 1.75. The zero-order chi connectivity index (χ0) is 19.2. The van der Waals surface area contributed by atoms with Crippen LogP contribution in [0.2, 0.25) is 0 Å². The van der Waals surface area contributed by atoms with Crippen LogP contribution in [0.3, 0.4) is 0 Å². The minimum absolute atomic E-state index is 0.109. The van der Waals surface area contributed by atoms with E-state index in [1.807, 2.05) is 42.2 Å². The third-order valence-corrected chi connectivity index (χ3v) is 4.98. The van der Waals surface area contributed by atoms with Crippen LogP contribution >= 0.6 is 0 Å². The molecule has 0 saturated heterocycles. The van der Waals surface area contributed by atoms with Gasteiger partial charge in [0.2, 0.25) is 5.91 Å². The number of hydrogen-bond acceptors (Lipinski definition) is 4. The number of anilines is 1. The Morgan fingerprint density at radius 1 is 1.19 bits per heavy atom. The summed E-state index contributed by atoms with van der Waals surface area (Å²) in [5.74, 6) is 0.503. The molecule has 0 N–H and O–H groups in total. The molecule has 5 heteroatoms. The molecule has 1 aliphatic rings. The molecular weight excluding hydrogens is 340 g/mol. The fraction of sp³-hybridized carbons (Fsp3) is 0.409. The number of esters is 1. The van der Waals surface area contributed by atoms with Gasteiger partial charge in [-0.1, -0.05) is 43.3 Å². The number of benzene rings is 1. The van der Waals surface area contributed by atoms with Crippen molar-refractivity contribution in [3.8, 4) is 0 Å². The first kappa shape index (κ1) is 19.1. The van der Waals surface area contributed by atoms with Crippen LogP contribution in [0.4, 0.5) is 5.82 Å². The van der Waals surface area contributed by atoms with Crippen molar-refractivity contribution in [2.45, 2.75) is 39.0 Å². The molecule has 1 aromatic heterocycles. The molecule has 0 saturated carbocycles. The smallest absolute Gasteiger partial charge is 0.305 e. The molecule has 0 fully saturated rings. The summed E-state index contributed by atoms with van der Waals surface area (Å²) in [6.45, 7) is 2.67. The molecule has 0 unspecified atom stereocenters. The second kappa shape index (κ2) is 8.80. The van der Waals surface area contributed by atoms with E-state index in [0.29, 0.717) is 25.8 Å². The number of hydrogen-bond donors (Lipinski definition) is 0. The predicted molar refractivity (Wildman–Crippen MR) is 105 cm³/mol. The summed E-state index contributed by atoms with van der Waals surface area (Å²) in [4.78, 5) is 31.0. The molecule has 142 valence electrons. The molecule has 0 bridgehead atoms. The highest BCUT2D eigenvalue weighted by Crippen LogP contribution is 2.27. The second-order valence-corrected chi connectivity index (χ2v) is 7.05. The van der Waals surface area contributed by atoms with Crippen LogP contribution in [-0.2, 0) is 33.6 Å². The Bertz CT molecular complexity index is 804. The zero-order valence-corrected chi connectivity index (χ0v) is 16.0. The summed E-state index contributed by atoms with van der Waals surface area (Å²) in [7, 11) is 1.39. The number of fused-ring (bicyclic) bond motifs is 1. The monoisotopic (exact) mass is 366 g/mol. The van der Waals surface area contributed by atoms with E-state index in [4.69, 9.17) is 9.72 Å². The Labute approximate surface area is 160 Å². The molecule has 1 aliphatic heterocycles. The number of carbonyl (C=O) groups is 2. The van der Waals surface area contributed by atoms with Crippen molar-refractivity contribution in [3.63, 3.8) is 0 Å². The Hall–Kier alpha value is -2.69. The first-order valence-electron chi connectivity index (χ1n) is 9.49. The van der Waals surface area contributed by atoms with Gasteiger partial charge in [-0.15, -0.1) is 0 Å². The van der Waals surface area contributed by atoms with E-state index in [1.54, 1.807) is 0 Å². The average molecular weight is 366 g/mol. The average Bonchev–Trinajstić information content (AvgIpc) is 2.71. The number of ether oxygens (including phenoxy) is 1. The number of aryl methyl sites for hydroxylation is 2. The third-order valence-electron chi connectivity index (χ3n) is 4.98. The summed E-state index contributed by atoms with van der Waals surface area (Å²) < 4.78 is 4.70. The van der Waals surface area contributed by atoms with Crippen LogP contribution in [0.1, 0.15) is 36.6 Å². The van der Waals surface area contributed by atoms with E-state index >= 15 is 0 Å². The normalized spacial score (nSPS) is 14.4. The lowest BCUT2D eigenvalue weighted by molar-refractivity contribution is -0.140. The Morgan fingerprint density at radius 2 is 1.96 bits per heavy atom. The summed E-state index contributed by atoms with van der Waals surface area (Å²) in [5, 5.41) is 0. The molecular formula is C22H26N2O3. The van der Waals surface area contributed by atoms with Gasteiger partial charge in [-0.2, -0.15) is 0 Å². The van der Waals surface area contributed by atoms with Crippen molar-refractivity contribution in [2.75, 3.05) is 18.6 Å². The predicted octanol–water partition coefficient (Wildman–Crippen LogP) is 3.35. The number of amides is 1. The lowest BCUT2D eigenvalue weighted by Gasteiger charge is -2.31. The number of pyridine rings is 1. The first-order valence-corrected chi connectivity index (χ1v) is 9.49. The van der Waals surface area contributed by atoms with Crippen molar-refractivity contribution in [1.82, 2.24) is 4.98 Å². The molecule has 27 heavy (non-hydrogen) atoms. The van der Waals surface area contributed by atoms with Crippen molar-refractivity contribution in [2.24, 2.45) is 5.92 Å². The minimum atomic E-state index is -0.251. The van der Waals surface area contributed by atoms with E-state index in [-0.39, 0.29) is 17.8 Å². The maximum atomic E-state index is 13.1. The van der Waals surface area contributed by atoms with Crippen molar-refractivity contribution in [3.05, 3.63) is 59.3 Å². The van der Waals surface area contributed by atoms with E-state index in [1.165, 1.54) is 7.11 Å². The summed E-state index contributed by atoms with van der Waals surface area (Å²) >= 11 is 0. The van der Waals surface area contributed by atoms with E-state index in [2.05, 4.69) is 12.1 Å². The van der Waals surface area contributed by atoms with Gasteiger partial charge in [0, 0.05) is 24.6 Å². The molecule has 0 radical (unpaired) electrons. The van der Waals surface area contributed by atoms with Crippen LogP contribution in [0.15, 0.2) is 42.5 Å². The van der Waals surface area contributed by atoms with Gasteiger partial charge in [-0.25, -0.2) is 4.98 Å². The highest BCUT2D eigenvalue weighted by Gasteiger charge is 2.27. The molecule has 1 atom stereocenters. The van der Waals surface area contributed by atoms with Crippen LogP contribution in [0.5, 0.6) is 0 Å². The van der Waals surface area contributed by atoms with Gasteiger partial charge >= 0.3 is 5.97 Å². The van der Waals surface area contributed by atoms with Crippen LogP contribution < -0.4 is 4.90 Å². The van der Waals surface area contributed by atoms with E-state index < -0.39 is 0 Å². The summed E-state index contributed by atoms with van der Waals surface area (Å²) in [6.07, 6.45) is 3.40.